The van der Waals surface area contributed by atoms with Crippen LogP contribution < -0.4 is 0 Å². The van der Waals surface area contributed by atoms with Gasteiger partial charge in [0.25, 0.3) is 0 Å². The predicted octanol–water partition coefficient (Wildman–Crippen LogP) is 0.791. The Hall–Kier alpha value is 0.415. The lowest BCUT2D eigenvalue weighted by Gasteiger charge is -1.95. The molecule has 0 spiro atoms. The predicted molar refractivity (Wildman–Crippen MR) is 36.4 cm³/mol. The molecule has 0 nitrogen and oxygen atoms in total. The monoisotopic (exact) mass is 102 g/mol. The number of rotatable bonds is 2. The van der Waals surface area contributed by atoms with E-state index in [-0.39, 0.29) is 0 Å². The van der Waals surface area contributed by atoms with E-state index in [4.69, 9.17) is 0 Å². The van der Waals surface area contributed by atoms with Crippen LogP contribution in [0.5, 0.6) is 0 Å². The average Bonchev–Trinajstić information content (AvgIpc) is 1.35. The summed E-state index contributed by atoms with van der Waals surface area (Å²) in [6, 6.07) is 0. The van der Waals surface area contributed by atoms with Gasteiger partial charge in [-0.15, -0.1) is 0 Å². The van der Waals surface area contributed by atoms with E-state index in [9.17, 15) is 0 Å². The number of hydrogen-bond donors (Lipinski definition) is 0. The third kappa shape index (κ3) is 4.41. The fourth-order valence-corrected chi connectivity index (χ4v) is 1.000. The van der Waals surface area contributed by atoms with Crippen LogP contribution in [0.1, 0.15) is 6.92 Å². The van der Waals surface area contributed by atoms with E-state index in [0.717, 1.165) is 5.82 Å². The van der Waals surface area contributed by atoms with Crippen LogP contribution in [0.2, 0.25) is 5.82 Å². The zero-order valence-corrected chi connectivity index (χ0v) is 5.51. The molecule has 0 aromatic rings. The first-order valence-corrected chi connectivity index (χ1v) is 3.65. The SMILES string of the molecule is BC(C)CSC. The molecule has 0 fully saturated rings. The van der Waals surface area contributed by atoms with Crippen LogP contribution in [0.3, 0.4) is 0 Å². The van der Waals surface area contributed by atoms with Crippen LogP contribution >= 0.6 is 11.8 Å². The highest BCUT2D eigenvalue weighted by molar-refractivity contribution is 7.98. The number of thioether (sulfide) groups is 1. The van der Waals surface area contributed by atoms with Gasteiger partial charge in [0, 0.05) is 0 Å². The Morgan fingerprint density at radius 2 is 2.33 bits per heavy atom. The molecule has 0 N–H and O–H groups in total. The third-order valence-electron chi connectivity index (χ3n) is 0.500. The normalized spacial score (nSPS) is 14.3. The van der Waals surface area contributed by atoms with Crippen molar-refractivity contribution >= 4 is 19.6 Å². The molecule has 0 saturated carbocycles. The van der Waals surface area contributed by atoms with Crippen molar-refractivity contribution in [2.24, 2.45) is 0 Å². The first-order valence-electron chi connectivity index (χ1n) is 2.26. The Kier molecular flexibility index (Phi) is 3.85. The van der Waals surface area contributed by atoms with Crippen LogP contribution in [-0.2, 0) is 0 Å². The van der Waals surface area contributed by atoms with Crippen LogP contribution in [0.25, 0.3) is 0 Å². The highest BCUT2D eigenvalue weighted by Gasteiger charge is 1.86. The Bertz CT molecular complexity index is 28.7. The minimum Gasteiger partial charge on any atom is -0.166 e. The quantitative estimate of drug-likeness (QED) is 0.464. The van der Waals surface area contributed by atoms with Gasteiger partial charge < -0.3 is 0 Å². The summed E-state index contributed by atoms with van der Waals surface area (Å²) in [7, 11) is 2.23. The van der Waals surface area contributed by atoms with E-state index in [1.165, 1.54) is 5.75 Å². The van der Waals surface area contributed by atoms with Crippen molar-refractivity contribution in [1.82, 2.24) is 0 Å². The fraction of sp³-hybridized carbons (Fsp3) is 1.00. The molecule has 1 unspecified atom stereocenters. The molecule has 0 aromatic heterocycles. The molecular weight excluding hydrogens is 90.9 g/mol. The second-order valence-corrected chi connectivity index (χ2v) is 2.76. The maximum absolute atomic E-state index is 2.23. The molecule has 0 rings (SSSR count). The highest BCUT2D eigenvalue weighted by Crippen LogP contribution is 2.03. The lowest BCUT2D eigenvalue weighted by molar-refractivity contribution is 1.10. The van der Waals surface area contributed by atoms with Crippen LogP contribution in [-0.4, -0.2) is 19.9 Å². The Balaban J connectivity index is 2.63. The summed E-state index contributed by atoms with van der Waals surface area (Å²) < 4.78 is 0. The van der Waals surface area contributed by atoms with E-state index < -0.39 is 0 Å². The van der Waals surface area contributed by atoms with Gasteiger partial charge in [0.2, 0.25) is 0 Å². The highest BCUT2D eigenvalue weighted by atomic mass is 32.2. The zero-order valence-electron chi connectivity index (χ0n) is 4.69. The van der Waals surface area contributed by atoms with E-state index in [2.05, 4.69) is 21.0 Å². The Labute approximate surface area is 45.1 Å². The Morgan fingerprint density at radius 1 is 1.83 bits per heavy atom. The summed E-state index contributed by atoms with van der Waals surface area (Å²) in [4.78, 5) is 0. The van der Waals surface area contributed by atoms with Crippen molar-refractivity contribution in [2.75, 3.05) is 12.0 Å². The van der Waals surface area contributed by atoms with Gasteiger partial charge in [0.05, 0.1) is 0 Å². The van der Waals surface area contributed by atoms with Crippen molar-refractivity contribution in [3.63, 3.8) is 0 Å². The molecule has 0 bridgehead atoms. The van der Waals surface area contributed by atoms with Gasteiger partial charge in [-0.1, -0.05) is 12.7 Å². The van der Waals surface area contributed by atoms with Crippen molar-refractivity contribution in [3.8, 4) is 0 Å². The van der Waals surface area contributed by atoms with Gasteiger partial charge in [-0.3, -0.25) is 0 Å². The Morgan fingerprint density at radius 3 is 2.33 bits per heavy atom. The van der Waals surface area contributed by atoms with Crippen molar-refractivity contribution in [3.05, 3.63) is 0 Å². The van der Waals surface area contributed by atoms with Crippen LogP contribution in [0.4, 0.5) is 0 Å². The second-order valence-electron chi connectivity index (χ2n) is 1.85. The van der Waals surface area contributed by atoms with Crippen molar-refractivity contribution in [2.45, 2.75) is 12.7 Å². The molecule has 0 aromatic carbocycles. The van der Waals surface area contributed by atoms with Gasteiger partial charge >= 0.3 is 0 Å². The molecule has 2 heteroatoms. The minimum atomic E-state index is 0.861. The van der Waals surface area contributed by atoms with Gasteiger partial charge in [0.1, 0.15) is 7.85 Å². The lowest BCUT2D eigenvalue weighted by Crippen LogP contribution is -1.85. The smallest absolute Gasteiger partial charge is 0.106 e. The maximum Gasteiger partial charge on any atom is 0.106 e. The van der Waals surface area contributed by atoms with Gasteiger partial charge in [-0.25, -0.2) is 0 Å². The molecule has 0 saturated heterocycles. The zero-order chi connectivity index (χ0) is 4.99. The van der Waals surface area contributed by atoms with Crippen LogP contribution in [0.15, 0.2) is 0 Å². The van der Waals surface area contributed by atoms with Gasteiger partial charge in [-0.2, -0.15) is 11.8 Å². The molecule has 0 radical (unpaired) electrons. The topological polar surface area (TPSA) is 0 Å². The summed E-state index contributed by atoms with van der Waals surface area (Å²) in [6.45, 7) is 2.23. The molecule has 0 aliphatic carbocycles. The van der Waals surface area contributed by atoms with E-state index >= 15 is 0 Å². The molecule has 0 heterocycles. The first-order chi connectivity index (χ1) is 2.77. The largest absolute Gasteiger partial charge is 0.166 e. The molecule has 0 amide bonds. The van der Waals surface area contributed by atoms with Crippen molar-refractivity contribution < 1.29 is 0 Å². The molecular formula is C4H11BS. The maximum atomic E-state index is 2.23. The van der Waals surface area contributed by atoms with Crippen molar-refractivity contribution in [1.29, 1.82) is 0 Å². The molecule has 0 aliphatic rings. The van der Waals surface area contributed by atoms with E-state index in [0.29, 0.717) is 0 Å². The second kappa shape index (κ2) is 3.60. The standard InChI is InChI=1S/C4H11BS/c1-4(5)3-6-2/h4H,3,5H2,1-2H3. The van der Waals surface area contributed by atoms with E-state index in [1.54, 1.807) is 0 Å². The first kappa shape index (κ1) is 6.41. The van der Waals surface area contributed by atoms with E-state index in [1.807, 2.05) is 11.8 Å². The fourth-order valence-electron chi connectivity index (χ4n) is 0.333. The third-order valence-corrected chi connectivity index (χ3v) is 1.50. The minimum absolute atomic E-state index is 0.861. The summed E-state index contributed by atoms with van der Waals surface area (Å²) in [5.41, 5.74) is 0. The lowest BCUT2D eigenvalue weighted by atomic mass is 9.92. The summed E-state index contributed by atoms with van der Waals surface area (Å²) in [5, 5.41) is 0. The summed E-state index contributed by atoms with van der Waals surface area (Å²) in [6.07, 6.45) is 2.14. The average molecular weight is 102 g/mol. The molecule has 0 aliphatic heterocycles. The van der Waals surface area contributed by atoms with Crippen LogP contribution in [0, 0.1) is 0 Å². The van der Waals surface area contributed by atoms with Gasteiger partial charge in [0.15, 0.2) is 0 Å². The summed E-state index contributed by atoms with van der Waals surface area (Å²) >= 11 is 1.91. The molecule has 6 heavy (non-hydrogen) atoms. The molecule has 1 atom stereocenters. The van der Waals surface area contributed by atoms with Gasteiger partial charge in [-0.05, 0) is 12.0 Å². The number of hydrogen-bond acceptors (Lipinski definition) is 1. The summed E-state index contributed by atoms with van der Waals surface area (Å²) in [5.74, 6) is 2.15. The molecule has 36 valence electrons.